The fraction of sp³-hybridized carbons (Fsp3) is 0.296. The highest BCUT2D eigenvalue weighted by molar-refractivity contribution is 5.91. The van der Waals surface area contributed by atoms with Gasteiger partial charge in [-0.25, -0.2) is 4.68 Å². The van der Waals surface area contributed by atoms with Gasteiger partial charge in [0.1, 0.15) is 13.2 Å². The molecule has 0 bridgehead atoms. The van der Waals surface area contributed by atoms with Crippen molar-refractivity contribution in [2.24, 2.45) is 0 Å². The molecule has 1 N–H and O–H groups in total. The molecule has 4 aromatic rings. The van der Waals surface area contributed by atoms with Gasteiger partial charge in [-0.3, -0.25) is 4.79 Å². The lowest BCUT2D eigenvalue weighted by Crippen LogP contribution is -2.17. The molecule has 0 spiro atoms. The summed E-state index contributed by atoms with van der Waals surface area (Å²) >= 11 is 0. The van der Waals surface area contributed by atoms with Gasteiger partial charge in [0, 0.05) is 29.1 Å². The minimum absolute atomic E-state index is 0.0969. The standard InChI is InChI=1S/C27H28N4O4/c1-4-33-27-21(11-13-24(32)28-19-10-12-22-23(16-19)35-15-14-34-22)17(2)25-18(3)30-31(26(25)29-27)20-8-6-5-7-9-20/h5-10,12,16H,4,11,13-15H2,1-3H3,(H,28,32). The number of carbonyl (C=O) groups excluding carboxylic acids is 1. The Morgan fingerprint density at radius 3 is 2.63 bits per heavy atom. The van der Waals surface area contributed by atoms with Crippen molar-refractivity contribution < 1.29 is 19.0 Å². The van der Waals surface area contributed by atoms with Crippen LogP contribution in [0.4, 0.5) is 5.69 Å². The predicted molar refractivity (Wildman–Crippen MR) is 134 cm³/mol. The van der Waals surface area contributed by atoms with Gasteiger partial charge in [0.25, 0.3) is 0 Å². The molecule has 180 valence electrons. The minimum Gasteiger partial charge on any atom is -0.486 e. The Balaban J connectivity index is 1.40. The first-order chi connectivity index (χ1) is 17.0. The van der Waals surface area contributed by atoms with Gasteiger partial charge in [-0.15, -0.1) is 0 Å². The van der Waals surface area contributed by atoms with E-state index in [1.54, 1.807) is 6.07 Å². The number of nitrogens with one attached hydrogen (secondary N) is 1. The Morgan fingerprint density at radius 1 is 1.09 bits per heavy atom. The number of nitrogens with zero attached hydrogens (tertiary/aromatic N) is 3. The number of ether oxygens (including phenoxy) is 3. The molecule has 2 aromatic heterocycles. The van der Waals surface area contributed by atoms with Crippen LogP contribution in [0, 0.1) is 13.8 Å². The number of rotatable bonds is 7. The number of amides is 1. The van der Waals surface area contributed by atoms with Crippen molar-refractivity contribution in [3.8, 4) is 23.1 Å². The highest BCUT2D eigenvalue weighted by atomic mass is 16.6. The predicted octanol–water partition coefficient (Wildman–Crippen LogP) is 4.78. The summed E-state index contributed by atoms with van der Waals surface area (Å²) in [6.07, 6.45) is 0.783. The van der Waals surface area contributed by atoms with E-state index in [1.165, 1.54) is 0 Å². The molecular weight excluding hydrogens is 444 g/mol. The van der Waals surface area contributed by atoms with E-state index < -0.39 is 0 Å². The van der Waals surface area contributed by atoms with Gasteiger partial charge in [-0.2, -0.15) is 10.1 Å². The van der Waals surface area contributed by atoms with E-state index in [0.717, 1.165) is 33.5 Å². The van der Waals surface area contributed by atoms with Crippen LogP contribution in [0.5, 0.6) is 17.4 Å². The van der Waals surface area contributed by atoms with Crippen LogP contribution in [0.1, 0.15) is 30.2 Å². The Bertz CT molecular complexity index is 1380. The van der Waals surface area contributed by atoms with E-state index in [9.17, 15) is 4.79 Å². The van der Waals surface area contributed by atoms with Gasteiger partial charge in [-0.05, 0) is 57.0 Å². The van der Waals surface area contributed by atoms with Crippen LogP contribution in [0.25, 0.3) is 16.7 Å². The SMILES string of the molecule is CCOc1nc2c(c(C)nn2-c2ccccc2)c(C)c1CCC(=O)Nc1ccc2c(c1)OCCO2. The van der Waals surface area contributed by atoms with Crippen LogP contribution in [0.3, 0.4) is 0 Å². The van der Waals surface area contributed by atoms with Crippen LogP contribution >= 0.6 is 0 Å². The van der Waals surface area contributed by atoms with Gasteiger partial charge < -0.3 is 19.5 Å². The molecule has 1 aliphatic heterocycles. The van der Waals surface area contributed by atoms with E-state index >= 15 is 0 Å². The van der Waals surface area contributed by atoms with Gasteiger partial charge in [0.05, 0.1) is 18.0 Å². The summed E-state index contributed by atoms with van der Waals surface area (Å²) in [4.78, 5) is 17.6. The van der Waals surface area contributed by atoms with Crippen LogP contribution in [0.15, 0.2) is 48.5 Å². The Morgan fingerprint density at radius 2 is 1.86 bits per heavy atom. The number of fused-ring (bicyclic) bond motifs is 2. The third kappa shape index (κ3) is 4.51. The van der Waals surface area contributed by atoms with Crippen molar-refractivity contribution in [3.05, 3.63) is 65.4 Å². The van der Waals surface area contributed by atoms with Crippen molar-refractivity contribution >= 4 is 22.6 Å². The van der Waals surface area contributed by atoms with Gasteiger partial charge in [0.15, 0.2) is 17.1 Å². The molecule has 5 rings (SSSR count). The molecule has 0 unspecified atom stereocenters. The zero-order valence-corrected chi connectivity index (χ0v) is 20.1. The summed E-state index contributed by atoms with van der Waals surface area (Å²) in [7, 11) is 0. The Labute approximate surface area is 203 Å². The highest BCUT2D eigenvalue weighted by Gasteiger charge is 2.21. The molecule has 0 fully saturated rings. The second-order valence-corrected chi connectivity index (χ2v) is 8.39. The second-order valence-electron chi connectivity index (χ2n) is 8.39. The lowest BCUT2D eigenvalue weighted by molar-refractivity contribution is -0.116. The maximum Gasteiger partial charge on any atom is 0.224 e. The molecule has 1 aliphatic rings. The average molecular weight is 473 g/mol. The van der Waals surface area contributed by atoms with E-state index in [-0.39, 0.29) is 12.3 Å². The summed E-state index contributed by atoms with van der Waals surface area (Å²) in [5.74, 6) is 1.78. The second kappa shape index (κ2) is 9.66. The fourth-order valence-electron chi connectivity index (χ4n) is 4.42. The zero-order valence-electron chi connectivity index (χ0n) is 20.1. The molecule has 0 atom stereocenters. The van der Waals surface area contributed by atoms with Crippen LogP contribution < -0.4 is 19.5 Å². The minimum atomic E-state index is -0.0969. The van der Waals surface area contributed by atoms with Gasteiger partial charge in [-0.1, -0.05) is 18.2 Å². The van der Waals surface area contributed by atoms with E-state index in [4.69, 9.17) is 24.3 Å². The number of anilines is 1. The van der Waals surface area contributed by atoms with E-state index in [0.29, 0.717) is 49.3 Å². The maximum absolute atomic E-state index is 12.8. The number of aryl methyl sites for hydroxylation is 2. The fourth-order valence-corrected chi connectivity index (χ4v) is 4.42. The topological polar surface area (TPSA) is 87.5 Å². The lowest BCUT2D eigenvalue weighted by atomic mass is 10.0. The van der Waals surface area contributed by atoms with Crippen LogP contribution in [-0.2, 0) is 11.2 Å². The quantitative estimate of drug-likeness (QED) is 0.417. The summed E-state index contributed by atoms with van der Waals surface area (Å²) in [5.41, 5.74) is 5.21. The molecule has 0 aliphatic carbocycles. The molecule has 3 heterocycles. The van der Waals surface area contributed by atoms with E-state index in [1.807, 2.05) is 67.9 Å². The van der Waals surface area contributed by atoms with Crippen molar-refractivity contribution in [2.45, 2.75) is 33.6 Å². The van der Waals surface area contributed by atoms with Crippen LogP contribution in [0.2, 0.25) is 0 Å². The number of pyridine rings is 1. The van der Waals surface area contributed by atoms with Crippen molar-refractivity contribution in [1.29, 1.82) is 0 Å². The van der Waals surface area contributed by atoms with Gasteiger partial charge >= 0.3 is 0 Å². The molecule has 2 aromatic carbocycles. The summed E-state index contributed by atoms with van der Waals surface area (Å²) in [5, 5.41) is 8.69. The maximum atomic E-state index is 12.8. The number of carbonyl (C=O) groups is 1. The molecular formula is C27H28N4O4. The smallest absolute Gasteiger partial charge is 0.224 e. The molecule has 8 heteroatoms. The molecule has 0 radical (unpaired) electrons. The van der Waals surface area contributed by atoms with Crippen LogP contribution in [-0.4, -0.2) is 40.5 Å². The largest absolute Gasteiger partial charge is 0.486 e. The number of aromatic nitrogens is 3. The molecule has 8 nitrogen and oxygen atoms in total. The third-order valence-corrected chi connectivity index (χ3v) is 6.04. The number of hydrogen-bond acceptors (Lipinski definition) is 6. The molecule has 0 saturated heterocycles. The first-order valence-corrected chi connectivity index (χ1v) is 11.8. The first kappa shape index (κ1) is 22.7. The molecule has 0 saturated carbocycles. The number of para-hydroxylation sites is 1. The van der Waals surface area contributed by atoms with Crippen molar-refractivity contribution in [3.63, 3.8) is 0 Å². The molecule has 1 amide bonds. The Hall–Kier alpha value is -4.07. The highest BCUT2D eigenvalue weighted by Crippen LogP contribution is 2.34. The lowest BCUT2D eigenvalue weighted by Gasteiger charge is -2.19. The normalized spacial score (nSPS) is 12.5. The summed E-state index contributed by atoms with van der Waals surface area (Å²) in [6, 6.07) is 15.3. The first-order valence-electron chi connectivity index (χ1n) is 11.8. The van der Waals surface area contributed by atoms with E-state index in [2.05, 4.69) is 5.32 Å². The monoisotopic (exact) mass is 472 g/mol. The summed E-state index contributed by atoms with van der Waals surface area (Å²) < 4.78 is 18.9. The number of hydrogen-bond donors (Lipinski definition) is 1. The summed E-state index contributed by atoms with van der Waals surface area (Å²) in [6.45, 7) is 7.47. The third-order valence-electron chi connectivity index (χ3n) is 6.04. The van der Waals surface area contributed by atoms with Gasteiger partial charge in [0.2, 0.25) is 11.8 Å². The average Bonchev–Trinajstić information content (AvgIpc) is 3.20. The zero-order chi connectivity index (χ0) is 24.4. The van der Waals surface area contributed by atoms with Crippen molar-refractivity contribution in [1.82, 2.24) is 14.8 Å². The van der Waals surface area contributed by atoms with Crippen molar-refractivity contribution in [2.75, 3.05) is 25.1 Å². The molecule has 35 heavy (non-hydrogen) atoms. The Kier molecular flexibility index (Phi) is 6.27. The number of benzene rings is 2.